The molecule has 1 N–H and O–H groups in total. The van der Waals surface area contributed by atoms with Gasteiger partial charge < -0.3 is 15.1 Å². The number of benzene rings is 1. The number of hydrogen-bond donors (Lipinski definition) is 1. The second-order valence-corrected chi connectivity index (χ2v) is 9.29. The minimum absolute atomic E-state index is 0.117. The van der Waals surface area contributed by atoms with Gasteiger partial charge in [-0.25, -0.2) is 4.98 Å². The van der Waals surface area contributed by atoms with Gasteiger partial charge in [-0.2, -0.15) is 18.4 Å². The van der Waals surface area contributed by atoms with Crippen molar-refractivity contribution in [2.24, 2.45) is 5.92 Å². The van der Waals surface area contributed by atoms with Crippen molar-refractivity contribution < 1.29 is 18.0 Å². The largest absolute Gasteiger partial charge is 0.417 e. The van der Waals surface area contributed by atoms with Crippen LogP contribution in [0.1, 0.15) is 48.8 Å². The second-order valence-electron chi connectivity index (χ2n) is 9.29. The van der Waals surface area contributed by atoms with Gasteiger partial charge in [-0.05, 0) is 75.0 Å². The number of carbonyl (C=O) groups is 1. The Morgan fingerprint density at radius 1 is 1.09 bits per heavy atom. The van der Waals surface area contributed by atoms with Crippen molar-refractivity contribution in [3.05, 3.63) is 53.2 Å². The fourth-order valence-corrected chi connectivity index (χ4v) is 4.81. The lowest BCUT2D eigenvalue weighted by Gasteiger charge is -2.33. The van der Waals surface area contributed by atoms with Crippen molar-refractivity contribution >= 4 is 17.4 Å². The molecule has 0 bridgehead atoms. The number of anilines is 2. The molecule has 0 aliphatic carbocycles. The molecule has 35 heavy (non-hydrogen) atoms. The van der Waals surface area contributed by atoms with E-state index in [0.29, 0.717) is 37.4 Å². The maximum Gasteiger partial charge on any atom is 0.417 e. The number of hydrogen-bond acceptors (Lipinski definition) is 5. The number of rotatable bonds is 6. The number of nitrogens with zero attached hydrogens (tertiary/aromatic N) is 4. The Labute approximate surface area is 203 Å². The monoisotopic (exact) mass is 485 g/mol. The van der Waals surface area contributed by atoms with E-state index in [1.807, 2.05) is 23.2 Å². The molecule has 2 fully saturated rings. The zero-order valence-corrected chi connectivity index (χ0v) is 19.7. The molecule has 1 aromatic heterocycles. The topological polar surface area (TPSA) is 72.3 Å². The van der Waals surface area contributed by atoms with Crippen LogP contribution in [0.2, 0.25) is 0 Å². The lowest BCUT2D eigenvalue weighted by molar-refractivity contribution is -0.137. The first kappa shape index (κ1) is 25.0. The summed E-state index contributed by atoms with van der Waals surface area (Å²) in [5, 5.41) is 11.9. The number of likely N-dealkylation sites (tertiary alicyclic amines) is 1. The van der Waals surface area contributed by atoms with Gasteiger partial charge in [-0.3, -0.25) is 4.79 Å². The predicted molar refractivity (Wildman–Crippen MR) is 128 cm³/mol. The number of alkyl halides is 3. The fourth-order valence-electron chi connectivity index (χ4n) is 4.81. The lowest BCUT2D eigenvalue weighted by atomic mass is 9.95. The van der Waals surface area contributed by atoms with Crippen LogP contribution in [-0.4, -0.2) is 48.5 Å². The van der Waals surface area contributed by atoms with Crippen molar-refractivity contribution in [3.8, 4) is 6.07 Å². The molecule has 2 aliphatic rings. The van der Waals surface area contributed by atoms with Gasteiger partial charge >= 0.3 is 6.18 Å². The van der Waals surface area contributed by atoms with E-state index in [1.54, 1.807) is 6.07 Å². The molecule has 1 aromatic carbocycles. The third-order valence-corrected chi connectivity index (χ3v) is 6.90. The first-order valence-corrected chi connectivity index (χ1v) is 12.2. The van der Waals surface area contributed by atoms with Gasteiger partial charge in [0.25, 0.3) is 0 Å². The van der Waals surface area contributed by atoms with Gasteiger partial charge in [0, 0.05) is 37.4 Å². The van der Waals surface area contributed by atoms with E-state index < -0.39 is 11.7 Å². The minimum Gasteiger partial charge on any atom is -0.371 e. The summed E-state index contributed by atoms with van der Waals surface area (Å²) in [7, 11) is 0. The van der Waals surface area contributed by atoms with Crippen LogP contribution >= 0.6 is 0 Å². The highest BCUT2D eigenvalue weighted by molar-refractivity contribution is 5.91. The second kappa shape index (κ2) is 11.1. The molecule has 6 nitrogen and oxygen atoms in total. The van der Waals surface area contributed by atoms with Crippen LogP contribution in [0.4, 0.5) is 24.7 Å². The van der Waals surface area contributed by atoms with Crippen LogP contribution in [0.15, 0.2) is 36.5 Å². The van der Waals surface area contributed by atoms with Crippen LogP contribution in [0.25, 0.3) is 0 Å². The average molecular weight is 486 g/mol. The molecule has 2 aliphatic heterocycles. The Hall–Kier alpha value is -3.12. The summed E-state index contributed by atoms with van der Waals surface area (Å²) in [6.07, 6.45) is 3.07. The first-order chi connectivity index (χ1) is 16.8. The number of aromatic nitrogens is 1. The number of piperidine rings is 2. The van der Waals surface area contributed by atoms with Crippen molar-refractivity contribution in [1.82, 2.24) is 9.88 Å². The minimum atomic E-state index is -4.59. The smallest absolute Gasteiger partial charge is 0.371 e. The van der Waals surface area contributed by atoms with Crippen LogP contribution in [0.5, 0.6) is 0 Å². The molecule has 9 heteroatoms. The lowest BCUT2D eigenvalue weighted by Crippen LogP contribution is -2.38. The summed E-state index contributed by atoms with van der Waals surface area (Å²) < 4.78 is 39.8. The number of pyridine rings is 1. The molecule has 0 spiro atoms. The normalized spacial score (nSPS) is 17.7. The molecule has 186 valence electrons. The molecule has 0 unspecified atom stereocenters. The number of carbonyl (C=O) groups excluding carboxylic acids is 1. The zero-order chi connectivity index (χ0) is 24.8. The van der Waals surface area contributed by atoms with Crippen LogP contribution < -0.4 is 10.2 Å². The zero-order valence-electron chi connectivity index (χ0n) is 19.7. The third kappa shape index (κ3) is 6.51. The van der Waals surface area contributed by atoms with E-state index in [-0.39, 0.29) is 17.4 Å². The summed E-state index contributed by atoms with van der Waals surface area (Å²) in [4.78, 5) is 21.4. The Morgan fingerprint density at radius 2 is 1.83 bits per heavy atom. The summed E-state index contributed by atoms with van der Waals surface area (Å²) in [5.41, 5.74) is 0.239. The van der Waals surface area contributed by atoms with E-state index in [0.717, 1.165) is 37.7 Å². The third-order valence-electron chi connectivity index (χ3n) is 6.90. The standard InChI is InChI=1S/C26H30F3N5O/c27-26(28,29)23-16-22(6-5-21(23)17-30)34-14-9-20(10-15-34)25(35)32-24-7-4-19(18-31-24)8-13-33-11-2-1-3-12-33/h4-7,16,18,20H,1-3,8-15H2,(H,31,32,35). The summed E-state index contributed by atoms with van der Waals surface area (Å²) >= 11 is 0. The molecular formula is C26H30F3N5O. The van der Waals surface area contributed by atoms with Crippen LogP contribution in [0.3, 0.4) is 0 Å². The van der Waals surface area contributed by atoms with Crippen molar-refractivity contribution in [2.45, 2.75) is 44.7 Å². The van der Waals surface area contributed by atoms with Gasteiger partial charge in [-0.15, -0.1) is 0 Å². The predicted octanol–water partition coefficient (Wildman–Crippen LogP) is 4.86. The SMILES string of the molecule is N#Cc1ccc(N2CCC(C(=O)Nc3ccc(CCN4CCCCC4)cn3)CC2)cc1C(F)(F)F. The number of nitriles is 1. The first-order valence-electron chi connectivity index (χ1n) is 12.2. The van der Waals surface area contributed by atoms with Crippen molar-refractivity contribution in [1.29, 1.82) is 5.26 Å². The molecule has 4 rings (SSSR count). The molecule has 2 aromatic rings. The van der Waals surface area contributed by atoms with Gasteiger partial charge in [-0.1, -0.05) is 12.5 Å². The Morgan fingerprint density at radius 3 is 2.46 bits per heavy atom. The maximum atomic E-state index is 13.3. The highest BCUT2D eigenvalue weighted by atomic mass is 19.4. The summed E-state index contributed by atoms with van der Waals surface area (Å²) in [5.74, 6) is 0.169. The Balaban J connectivity index is 1.27. The fraction of sp³-hybridized carbons (Fsp3) is 0.500. The molecule has 2 saturated heterocycles. The van der Waals surface area contributed by atoms with Crippen LogP contribution in [-0.2, 0) is 17.4 Å². The van der Waals surface area contributed by atoms with Gasteiger partial charge in [0.1, 0.15) is 5.82 Å². The summed E-state index contributed by atoms with van der Waals surface area (Å²) in [6.45, 7) is 4.27. The molecule has 1 amide bonds. The molecule has 0 atom stereocenters. The average Bonchev–Trinajstić information content (AvgIpc) is 2.88. The van der Waals surface area contributed by atoms with E-state index in [4.69, 9.17) is 5.26 Å². The number of nitrogens with one attached hydrogen (secondary N) is 1. The van der Waals surface area contributed by atoms with Gasteiger partial charge in [0.05, 0.1) is 17.2 Å². The van der Waals surface area contributed by atoms with Gasteiger partial charge in [0.2, 0.25) is 5.91 Å². The quantitative estimate of drug-likeness (QED) is 0.633. The highest BCUT2D eigenvalue weighted by Gasteiger charge is 2.35. The Bertz CT molecular complexity index is 1050. The molecule has 0 saturated carbocycles. The maximum absolute atomic E-state index is 13.3. The van der Waals surface area contributed by atoms with E-state index in [1.165, 1.54) is 31.4 Å². The molecule has 0 radical (unpaired) electrons. The number of amides is 1. The van der Waals surface area contributed by atoms with Gasteiger partial charge in [0.15, 0.2) is 0 Å². The molecular weight excluding hydrogens is 455 g/mol. The van der Waals surface area contributed by atoms with Crippen molar-refractivity contribution in [2.75, 3.05) is 42.9 Å². The van der Waals surface area contributed by atoms with E-state index in [2.05, 4.69) is 15.2 Å². The highest BCUT2D eigenvalue weighted by Crippen LogP contribution is 2.35. The Kier molecular flexibility index (Phi) is 7.91. The summed E-state index contributed by atoms with van der Waals surface area (Å²) in [6, 6.07) is 9.19. The van der Waals surface area contributed by atoms with Crippen LogP contribution in [0, 0.1) is 17.2 Å². The molecule has 3 heterocycles. The number of halogens is 3. The van der Waals surface area contributed by atoms with E-state index in [9.17, 15) is 18.0 Å². The van der Waals surface area contributed by atoms with Crippen molar-refractivity contribution in [3.63, 3.8) is 0 Å². The van der Waals surface area contributed by atoms with E-state index >= 15 is 0 Å².